The molecule has 6 nitrogen and oxygen atoms in total. The fourth-order valence-electron chi connectivity index (χ4n) is 4.01. The maximum atomic E-state index is 11.7. The van der Waals surface area contributed by atoms with Crippen molar-refractivity contribution in [3.05, 3.63) is 34.9 Å². The number of benzene rings is 1. The Morgan fingerprint density at radius 2 is 1.82 bits per heavy atom. The third-order valence-corrected chi connectivity index (χ3v) is 6.02. The molecule has 0 saturated heterocycles. The van der Waals surface area contributed by atoms with Crippen LogP contribution in [-0.4, -0.2) is 39.8 Å². The second-order valence-electron chi connectivity index (χ2n) is 8.12. The van der Waals surface area contributed by atoms with E-state index in [9.17, 15) is 9.90 Å². The topological polar surface area (TPSA) is 116 Å². The van der Waals surface area contributed by atoms with Crippen molar-refractivity contribution in [1.82, 2.24) is 5.32 Å². The Morgan fingerprint density at radius 1 is 1.18 bits per heavy atom. The van der Waals surface area contributed by atoms with Gasteiger partial charge in [0.15, 0.2) is 0 Å². The molecule has 8 heteroatoms. The van der Waals surface area contributed by atoms with Crippen LogP contribution in [0.15, 0.2) is 24.3 Å². The molecule has 6 N–H and O–H groups in total. The number of carboxylic acids is 1. The predicted octanol–water partition coefficient (Wildman–Crippen LogP) is 2.80. The van der Waals surface area contributed by atoms with Crippen LogP contribution in [0.5, 0.6) is 0 Å². The van der Waals surface area contributed by atoms with Gasteiger partial charge in [0.2, 0.25) is 0 Å². The number of carboxylic acid groups (broad SMARTS) is 1. The van der Waals surface area contributed by atoms with Crippen LogP contribution in [0.4, 0.5) is 0 Å². The molecular weight excluding hydrogens is 378 g/mol. The average Bonchev–Trinajstić information content (AvgIpc) is 2.66. The minimum absolute atomic E-state index is 0.250. The molecule has 1 atom stereocenters. The molecule has 28 heavy (non-hydrogen) atoms. The lowest BCUT2D eigenvalue weighted by Gasteiger charge is -2.34. The molecular formula is C20H32BClN2O4. The number of nitrogens with two attached hydrogens (primary N) is 1. The predicted molar refractivity (Wildman–Crippen MR) is 112 cm³/mol. The highest BCUT2D eigenvalue weighted by Crippen LogP contribution is 2.32. The van der Waals surface area contributed by atoms with E-state index in [2.05, 4.69) is 5.32 Å². The smallest absolute Gasteiger partial charge is 0.451 e. The van der Waals surface area contributed by atoms with E-state index in [0.29, 0.717) is 37.6 Å². The normalized spacial score (nSPS) is 21.9. The van der Waals surface area contributed by atoms with Crippen molar-refractivity contribution in [3.8, 4) is 0 Å². The van der Waals surface area contributed by atoms with Gasteiger partial charge in [-0.25, -0.2) is 0 Å². The fourth-order valence-corrected chi connectivity index (χ4v) is 4.14. The minimum atomic E-state index is -1.34. The highest BCUT2D eigenvalue weighted by Gasteiger charge is 2.37. The van der Waals surface area contributed by atoms with E-state index in [1.165, 1.54) is 5.56 Å². The zero-order valence-corrected chi connectivity index (χ0v) is 17.1. The van der Waals surface area contributed by atoms with Crippen LogP contribution in [0.1, 0.15) is 56.9 Å². The molecule has 0 unspecified atom stereocenters. The first kappa shape index (κ1) is 23.2. The standard InChI is InChI=1S/C20H32BClN2O4/c22-17-7-3-16(4-8-17)14-24-18-9-5-15(6-10-18)13-20(23,19(25)26)11-1-2-12-21(27)28/h3-4,7-8,15,18,24,27-28H,1-2,5-6,9-14,23H2,(H,25,26)/t15-,18+,20-/m0/s1. The van der Waals surface area contributed by atoms with Gasteiger partial charge in [0.05, 0.1) is 0 Å². The van der Waals surface area contributed by atoms with Crippen molar-refractivity contribution in [2.24, 2.45) is 11.7 Å². The first-order valence-corrected chi connectivity index (χ1v) is 10.5. The van der Waals surface area contributed by atoms with Gasteiger partial charge >= 0.3 is 13.1 Å². The molecule has 2 rings (SSSR count). The molecule has 1 aromatic rings. The Kier molecular flexibility index (Phi) is 9.24. The van der Waals surface area contributed by atoms with E-state index in [1.54, 1.807) is 0 Å². The average molecular weight is 411 g/mol. The minimum Gasteiger partial charge on any atom is -0.480 e. The lowest BCUT2D eigenvalue weighted by Crippen LogP contribution is -2.50. The van der Waals surface area contributed by atoms with Crippen LogP contribution in [-0.2, 0) is 11.3 Å². The Bertz CT molecular complexity index is 609. The summed E-state index contributed by atoms with van der Waals surface area (Å²) in [5, 5.41) is 31.7. The van der Waals surface area contributed by atoms with E-state index in [4.69, 9.17) is 27.4 Å². The van der Waals surface area contributed by atoms with Crippen LogP contribution in [0.2, 0.25) is 11.3 Å². The molecule has 156 valence electrons. The van der Waals surface area contributed by atoms with Crippen LogP contribution in [0.25, 0.3) is 0 Å². The molecule has 1 saturated carbocycles. The number of unbranched alkanes of at least 4 members (excludes halogenated alkanes) is 1. The van der Waals surface area contributed by atoms with E-state index >= 15 is 0 Å². The number of hydrogen-bond donors (Lipinski definition) is 5. The monoisotopic (exact) mass is 410 g/mol. The SMILES string of the molecule is N[C@@](CCCCB(O)O)(C[C@H]1CC[C@@H](NCc2ccc(Cl)cc2)CC1)C(=O)O. The molecule has 0 spiro atoms. The van der Waals surface area contributed by atoms with Gasteiger partial charge in [-0.15, -0.1) is 0 Å². The molecule has 0 amide bonds. The van der Waals surface area contributed by atoms with Crippen molar-refractivity contribution in [1.29, 1.82) is 0 Å². The quantitative estimate of drug-likeness (QED) is 0.283. The van der Waals surface area contributed by atoms with E-state index in [1.807, 2.05) is 24.3 Å². The number of hydrogen-bond acceptors (Lipinski definition) is 5. The van der Waals surface area contributed by atoms with Crippen molar-refractivity contribution in [3.63, 3.8) is 0 Å². The molecule has 0 bridgehead atoms. The molecule has 0 aliphatic heterocycles. The van der Waals surface area contributed by atoms with Gasteiger partial charge in [-0.05, 0) is 68.5 Å². The summed E-state index contributed by atoms with van der Waals surface area (Å²) in [4.78, 5) is 11.7. The third kappa shape index (κ3) is 7.72. The number of carbonyl (C=O) groups is 1. The van der Waals surface area contributed by atoms with Crippen molar-refractivity contribution in [2.75, 3.05) is 0 Å². The Labute approximate surface area is 172 Å². The maximum Gasteiger partial charge on any atom is 0.451 e. The zero-order chi connectivity index (χ0) is 20.6. The van der Waals surface area contributed by atoms with E-state index in [0.717, 1.165) is 37.3 Å². The highest BCUT2D eigenvalue weighted by molar-refractivity contribution is 6.40. The number of rotatable bonds is 11. The van der Waals surface area contributed by atoms with Gasteiger partial charge in [0.1, 0.15) is 5.54 Å². The number of halogens is 1. The second-order valence-corrected chi connectivity index (χ2v) is 8.55. The lowest BCUT2D eigenvalue weighted by molar-refractivity contribution is -0.144. The Morgan fingerprint density at radius 3 is 2.39 bits per heavy atom. The van der Waals surface area contributed by atoms with E-state index < -0.39 is 18.6 Å². The summed E-state index contributed by atoms with van der Waals surface area (Å²) in [6, 6.07) is 8.26. The molecule has 1 aliphatic rings. The van der Waals surface area contributed by atoms with E-state index in [-0.39, 0.29) is 6.32 Å². The summed E-state index contributed by atoms with van der Waals surface area (Å²) in [7, 11) is -1.34. The number of nitrogens with one attached hydrogen (secondary N) is 1. The summed E-state index contributed by atoms with van der Waals surface area (Å²) < 4.78 is 0. The van der Waals surface area contributed by atoms with Gasteiger partial charge < -0.3 is 26.2 Å². The summed E-state index contributed by atoms with van der Waals surface area (Å²) in [6.45, 7) is 0.805. The maximum absolute atomic E-state index is 11.7. The molecule has 0 radical (unpaired) electrons. The van der Waals surface area contributed by atoms with Gasteiger partial charge in [-0.3, -0.25) is 4.79 Å². The first-order chi connectivity index (χ1) is 13.3. The van der Waals surface area contributed by atoms with Crippen LogP contribution in [0, 0.1) is 5.92 Å². The van der Waals surface area contributed by atoms with Gasteiger partial charge in [-0.1, -0.05) is 36.6 Å². The second kappa shape index (κ2) is 11.2. The van der Waals surface area contributed by atoms with Gasteiger partial charge in [-0.2, -0.15) is 0 Å². The van der Waals surface area contributed by atoms with Crippen LogP contribution in [0.3, 0.4) is 0 Å². The number of aliphatic carboxylic acids is 1. The van der Waals surface area contributed by atoms with Gasteiger partial charge in [0, 0.05) is 17.6 Å². The van der Waals surface area contributed by atoms with Gasteiger partial charge in [0.25, 0.3) is 0 Å². The molecule has 1 aromatic carbocycles. The first-order valence-electron chi connectivity index (χ1n) is 10.1. The van der Waals surface area contributed by atoms with Crippen molar-refractivity contribution >= 4 is 24.7 Å². The summed E-state index contributed by atoms with van der Waals surface area (Å²) in [5.41, 5.74) is 6.19. The molecule has 1 fully saturated rings. The van der Waals surface area contributed by atoms with Crippen LogP contribution >= 0.6 is 11.6 Å². The lowest BCUT2D eigenvalue weighted by atomic mass is 9.75. The summed E-state index contributed by atoms with van der Waals surface area (Å²) in [5.74, 6) is -0.641. The third-order valence-electron chi connectivity index (χ3n) is 5.77. The van der Waals surface area contributed by atoms with Crippen LogP contribution < -0.4 is 11.1 Å². The fraction of sp³-hybridized carbons (Fsp3) is 0.650. The van der Waals surface area contributed by atoms with Crippen molar-refractivity contribution < 1.29 is 19.9 Å². The summed E-state index contributed by atoms with van der Waals surface area (Å²) >= 11 is 5.91. The molecule has 0 heterocycles. The zero-order valence-electron chi connectivity index (χ0n) is 16.3. The van der Waals surface area contributed by atoms with Crippen molar-refractivity contribution in [2.45, 2.75) is 75.8 Å². The Hall–Kier alpha value is -1.12. The highest BCUT2D eigenvalue weighted by atomic mass is 35.5. The molecule has 0 aromatic heterocycles. The summed E-state index contributed by atoms with van der Waals surface area (Å²) in [6.07, 6.45) is 6.22. The largest absolute Gasteiger partial charge is 0.480 e. The Balaban J connectivity index is 1.74. The molecule has 1 aliphatic carbocycles.